The van der Waals surface area contributed by atoms with Gasteiger partial charge in [-0.25, -0.2) is 16.8 Å². The number of aryl methyl sites for hydroxylation is 2. The Hall–Kier alpha value is -7.60. The number of ether oxygens (including phenoxy) is 3. The van der Waals surface area contributed by atoms with Crippen LogP contribution in [-0.4, -0.2) is 80.5 Å². The highest BCUT2D eigenvalue weighted by molar-refractivity contribution is 7.93. The molecule has 1 aliphatic rings. The van der Waals surface area contributed by atoms with Crippen molar-refractivity contribution in [3.63, 3.8) is 0 Å². The van der Waals surface area contributed by atoms with Crippen LogP contribution in [0.15, 0.2) is 111 Å². The van der Waals surface area contributed by atoms with Crippen molar-refractivity contribution in [3.8, 4) is 29.1 Å². The molecular formula is C45H44N8O10S2. The lowest BCUT2D eigenvalue weighted by Gasteiger charge is -2.30. The summed E-state index contributed by atoms with van der Waals surface area (Å²) in [6.45, 7) is 4.99. The highest BCUT2D eigenvalue weighted by Gasteiger charge is 2.27. The largest absolute Gasteiger partial charge is 0.506 e. The van der Waals surface area contributed by atoms with Crippen LogP contribution in [0.2, 0.25) is 0 Å². The maximum Gasteiger partial charge on any atom is 0.264 e. The first-order valence-corrected chi connectivity index (χ1v) is 22.8. The fraction of sp³-hybridized carbons (Fsp3) is 0.200. The summed E-state index contributed by atoms with van der Waals surface area (Å²) in [6, 6.07) is 23.9. The van der Waals surface area contributed by atoms with Gasteiger partial charge in [0.1, 0.15) is 45.2 Å². The molecule has 1 heterocycles. The van der Waals surface area contributed by atoms with Crippen molar-refractivity contribution < 1.29 is 46.1 Å². The lowest BCUT2D eigenvalue weighted by Crippen LogP contribution is -2.37. The maximum atomic E-state index is 14.0. The number of morpholine rings is 1. The number of phenolic OH excluding ortho intramolecular Hbond substituents is 2. The van der Waals surface area contributed by atoms with Gasteiger partial charge in [0.05, 0.1) is 66.3 Å². The average molecular weight is 921 g/mol. The number of hydrogen-bond acceptors (Lipinski definition) is 15. The number of aromatic hydroxyl groups is 2. The van der Waals surface area contributed by atoms with Gasteiger partial charge in [0, 0.05) is 36.6 Å². The number of fused-ring (bicyclic) bond motifs is 1. The Morgan fingerprint density at radius 3 is 2.14 bits per heavy atom. The summed E-state index contributed by atoms with van der Waals surface area (Å²) in [5.41, 5.74) is 2.22. The molecule has 1 fully saturated rings. The molecule has 0 aromatic heterocycles. The van der Waals surface area contributed by atoms with E-state index in [0.717, 1.165) is 17.2 Å². The number of sulfonamides is 2. The van der Waals surface area contributed by atoms with E-state index < -0.39 is 26.0 Å². The number of nitrogens with one attached hydrogen (secondary N) is 4. The van der Waals surface area contributed by atoms with Crippen molar-refractivity contribution in [2.45, 2.75) is 23.6 Å². The molecule has 7 rings (SSSR count). The van der Waals surface area contributed by atoms with E-state index in [2.05, 4.69) is 30.3 Å². The monoisotopic (exact) mass is 920 g/mol. The van der Waals surface area contributed by atoms with Gasteiger partial charge < -0.3 is 40.0 Å². The summed E-state index contributed by atoms with van der Waals surface area (Å²) < 4.78 is 77.0. The summed E-state index contributed by atoms with van der Waals surface area (Å²) in [4.78, 5) is 14.9. The van der Waals surface area contributed by atoms with Gasteiger partial charge in [-0.1, -0.05) is 18.2 Å². The highest BCUT2D eigenvalue weighted by atomic mass is 32.2. The molecule has 336 valence electrons. The number of rotatable bonds is 14. The van der Waals surface area contributed by atoms with E-state index in [-0.39, 0.29) is 72.4 Å². The topological polar surface area (TPSA) is 253 Å². The number of amides is 1. The van der Waals surface area contributed by atoms with Crippen molar-refractivity contribution in [1.29, 1.82) is 5.26 Å². The molecule has 1 saturated heterocycles. The average Bonchev–Trinajstić information content (AvgIpc) is 3.30. The third kappa shape index (κ3) is 9.38. The second-order valence-electron chi connectivity index (χ2n) is 14.7. The number of carbonyl (C=O) groups excluding carboxylic acids is 1. The SMILES string of the molecule is CNc1cccc2c(O)c(NC(=O)c3c(OC)cccc3OC)cc(N=Nc3ccc(S(=O)(=O)Nc4ccc(N5CCOCC5)c(S(=O)(=O)Nc5cc(C)c(C)cc5O)c4)cc3C#N)c12. The Morgan fingerprint density at radius 2 is 1.46 bits per heavy atom. The molecule has 0 radical (unpaired) electrons. The van der Waals surface area contributed by atoms with Crippen LogP contribution >= 0.6 is 0 Å². The third-order valence-corrected chi connectivity index (χ3v) is 13.4. The molecule has 1 aliphatic heterocycles. The van der Waals surface area contributed by atoms with Crippen LogP contribution in [0, 0.1) is 25.2 Å². The Bertz CT molecular complexity index is 3130. The fourth-order valence-electron chi connectivity index (χ4n) is 7.21. The van der Waals surface area contributed by atoms with Gasteiger partial charge in [-0.3, -0.25) is 14.2 Å². The Labute approximate surface area is 375 Å². The molecule has 0 unspecified atom stereocenters. The predicted molar refractivity (Wildman–Crippen MR) is 247 cm³/mol. The second-order valence-corrected chi connectivity index (χ2v) is 18.0. The van der Waals surface area contributed by atoms with Gasteiger partial charge >= 0.3 is 0 Å². The van der Waals surface area contributed by atoms with E-state index in [1.165, 1.54) is 62.8 Å². The molecule has 0 spiro atoms. The first-order chi connectivity index (χ1) is 31.1. The van der Waals surface area contributed by atoms with E-state index in [4.69, 9.17) is 14.2 Å². The van der Waals surface area contributed by atoms with Crippen LogP contribution in [-0.2, 0) is 24.8 Å². The number of benzene rings is 6. The Morgan fingerprint density at radius 1 is 0.785 bits per heavy atom. The molecule has 0 saturated carbocycles. The zero-order valence-electron chi connectivity index (χ0n) is 35.8. The zero-order valence-corrected chi connectivity index (χ0v) is 37.4. The molecule has 20 heteroatoms. The number of anilines is 5. The molecule has 0 bridgehead atoms. The molecule has 6 aromatic carbocycles. The molecule has 6 N–H and O–H groups in total. The number of azo groups is 1. The fourth-order valence-corrected chi connectivity index (χ4v) is 9.60. The molecular weight excluding hydrogens is 877 g/mol. The zero-order chi connectivity index (χ0) is 46.6. The minimum absolute atomic E-state index is 0.0112. The van der Waals surface area contributed by atoms with Crippen LogP contribution in [0.5, 0.6) is 23.0 Å². The van der Waals surface area contributed by atoms with Gasteiger partial charge in [0.2, 0.25) is 0 Å². The maximum absolute atomic E-state index is 14.0. The van der Waals surface area contributed by atoms with E-state index in [1.54, 1.807) is 62.2 Å². The van der Waals surface area contributed by atoms with E-state index in [9.17, 15) is 37.1 Å². The van der Waals surface area contributed by atoms with Crippen molar-refractivity contribution in [1.82, 2.24) is 0 Å². The van der Waals surface area contributed by atoms with Gasteiger partial charge in [0.25, 0.3) is 26.0 Å². The number of carbonyl (C=O) groups is 1. The number of methoxy groups -OCH3 is 2. The molecule has 65 heavy (non-hydrogen) atoms. The first kappa shape index (κ1) is 45.4. The summed E-state index contributed by atoms with van der Waals surface area (Å²) >= 11 is 0. The second kappa shape index (κ2) is 18.6. The van der Waals surface area contributed by atoms with Crippen molar-refractivity contribution >= 4 is 76.5 Å². The quantitative estimate of drug-likeness (QED) is 0.0449. The molecule has 6 aromatic rings. The standard InChI is InChI=1S/C45H44N8O10S2/c1-26-20-34(38(54)21-27(26)2)52-65(59,60)41-23-29(12-15-37(41)53-16-18-63-19-17-53)51-64(57,58)30-13-14-32(28(22-30)25-46)49-50-35-24-36(44(55)31-8-6-9-33(47-3)42(31)35)48-45(56)43-39(61-4)10-7-11-40(43)62-5/h6-15,20-24,47,51-52,54-55H,16-19H2,1-5H3,(H,48,56). The van der Waals surface area contributed by atoms with E-state index >= 15 is 0 Å². The van der Waals surface area contributed by atoms with E-state index in [1.807, 2.05) is 6.07 Å². The normalized spacial score (nSPS) is 13.0. The Balaban J connectivity index is 1.21. The van der Waals surface area contributed by atoms with E-state index in [0.29, 0.717) is 48.5 Å². The van der Waals surface area contributed by atoms with Crippen LogP contribution in [0.25, 0.3) is 10.8 Å². The smallest absolute Gasteiger partial charge is 0.264 e. The van der Waals surface area contributed by atoms with Crippen molar-refractivity contribution in [2.24, 2.45) is 10.2 Å². The summed E-state index contributed by atoms with van der Waals surface area (Å²) in [5, 5.41) is 47.4. The first-order valence-electron chi connectivity index (χ1n) is 19.9. The van der Waals surface area contributed by atoms with Gasteiger partial charge in [-0.05, 0) is 97.8 Å². The van der Waals surface area contributed by atoms with Gasteiger partial charge in [-0.2, -0.15) is 5.26 Å². The van der Waals surface area contributed by atoms with Gasteiger partial charge in [0.15, 0.2) is 0 Å². The van der Waals surface area contributed by atoms with Gasteiger partial charge in [-0.15, -0.1) is 10.2 Å². The molecule has 0 atom stereocenters. The number of nitrogens with zero attached hydrogens (tertiary/aromatic N) is 4. The number of nitriles is 1. The number of hydrogen-bond donors (Lipinski definition) is 6. The predicted octanol–water partition coefficient (Wildman–Crippen LogP) is 7.90. The summed E-state index contributed by atoms with van der Waals surface area (Å²) in [6.07, 6.45) is 0. The summed E-state index contributed by atoms with van der Waals surface area (Å²) in [7, 11) is -4.40. The number of phenols is 2. The third-order valence-electron chi connectivity index (χ3n) is 10.7. The van der Waals surface area contributed by atoms with Crippen LogP contribution in [0.4, 0.5) is 39.8 Å². The van der Waals surface area contributed by atoms with Crippen LogP contribution < -0.4 is 34.5 Å². The molecule has 1 amide bonds. The Kier molecular flexibility index (Phi) is 13.0. The lowest BCUT2D eigenvalue weighted by atomic mass is 10.0. The van der Waals surface area contributed by atoms with Crippen LogP contribution in [0.1, 0.15) is 27.0 Å². The highest BCUT2D eigenvalue weighted by Crippen LogP contribution is 2.44. The molecule has 0 aliphatic carbocycles. The lowest BCUT2D eigenvalue weighted by molar-refractivity contribution is 0.102. The minimum Gasteiger partial charge on any atom is -0.506 e. The summed E-state index contributed by atoms with van der Waals surface area (Å²) in [5.74, 6) is -0.746. The molecule has 18 nitrogen and oxygen atoms in total. The van der Waals surface area contributed by atoms with Crippen molar-refractivity contribution in [2.75, 3.05) is 72.5 Å². The minimum atomic E-state index is -4.45. The van der Waals surface area contributed by atoms with Crippen LogP contribution in [0.3, 0.4) is 0 Å². The van der Waals surface area contributed by atoms with Crippen molar-refractivity contribution in [3.05, 3.63) is 113 Å².